The van der Waals surface area contributed by atoms with Crippen LogP contribution in [0.2, 0.25) is 0 Å². The van der Waals surface area contributed by atoms with Gasteiger partial charge < -0.3 is 5.11 Å². The predicted molar refractivity (Wildman–Crippen MR) is 33.5 cm³/mol. The first-order valence-electron chi connectivity index (χ1n) is 3.31. The number of nitrogens with zero attached hydrogens (tertiary/aromatic N) is 1. The summed E-state index contributed by atoms with van der Waals surface area (Å²) in [6.07, 6.45) is 1.18. The summed E-state index contributed by atoms with van der Waals surface area (Å²) in [5, 5.41) is 10.2. The molecule has 1 aliphatic heterocycles. The van der Waals surface area contributed by atoms with Gasteiger partial charge in [-0.15, -0.1) is 0 Å². The highest BCUT2D eigenvalue weighted by atomic mass is 16.7. The van der Waals surface area contributed by atoms with Crippen LogP contribution in [0.1, 0.15) is 13.3 Å². The molecule has 0 aromatic rings. The van der Waals surface area contributed by atoms with Crippen LogP contribution in [0, 0.1) is 5.92 Å². The SMILES string of the molecule is C[C@H]1CCN(OCO)C1. The first-order chi connectivity index (χ1) is 4.33. The predicted octanol–water partition coefficient (Wildman–Crippen LogP) is 0.210. The van der Waals surface area contributed by atoms with E-state index in [2.05, 4.69) is 6.92 Å². The van der Waals surface area contributed by atoms with Crippen LogP contribution >= 0.6 is 0 Å². The molecule has 9 heavy (non-hydrogen) atoms. The monoisotopic (exact) mass is 131 g/mol. The molecule has 1 heterocycles. The summed E-state index contributed by atoms with van der Waals surface area (Å²) in [4.78, 5) is 4.86. The van der Waals surface area contributed by atoms with Crippen molar-refractivity contribution in [2.75, 3.05) is 19.9 Å². The van der Waals surface area contributed by atoms with Crippen molar-refractivity contribution in [3.63, 3.8) is 0 Å². The Hall–Kier alpha value is -0.120. The fraction of sp³-hybridized carbons (Fsp3) is 1.00. The second-order valence-electron chi connectivity index (χ2n) is 2.54. The zero-order valence-corrected chi connectivity index (χ0v) is 5.71. The minimum atomic E-state index is -0.188. The second-order valence-corrected chi connectivity index (χ2v) is 2.54. The molecule has 0 aliphatic carbocycles. The molecule has 3 heteroatoms. The van der Waals surface area contributed by atoms with Gasteiger partial charge in [0.05, 0.1) is 0 Å². The number of rotatable bonds is 2. The van der Waals surface area contributed by atoms with Gasteiger partial charge in [-0.1, -0.05) is 6.92 Å². The van der Waals surface area contributed by atoms with Gasteiger partial charge in [0.1, 0.15) is 0 Å². The lowest BCUT2D eigenvalue weighted by Crippen LogP contribution is -2.21. The van der Waals surface area contributed by atoms with Crippen molar-refractivity contribution in [1.82, 2.24) is 5.06 Å². The normalized spacial score (nSPS) is 29.3. The van der Waals surface area contributed by atoms with Crippen molar-refractivity contribution in [1.29, 1.82) is 0 Å². The summed E-state index contributed by atoms with van der Waals surface area (Å²) < 4.78 is 0. The molecular weight excluding hydrogens is 118 g/mol. The van der Waals surface area contributed by atoms with Crippen molar-refractivity contribution in [3.05, 3.63) is 0 Å². The summed E-state index contributed by atoms with van der Waals surface area (Å²) in [6.45, 7) is 3.91. The molecule has 0 unspecified atom stereocenters. The fourth-order valence-electron chi connectivity index (χ4n) is 1.09. The van der Waals surface area contributed by atoms with Gasteiger partial charge >= 0.3 is 0 Å². The third-order valence-electron chi connectivity index (χ3n) is 1.63. The van der Waals surface area contributed by atoms with E-state index in [-0.39, 0.29) is 6.79 Å². The number of hydroxylamine groups is 2. The Morgan fingerprint density at radius 2 is 2.56 bits per heavy atom. The summed E-state index contributed by atoms with van der Waals surface area (Å²) >= 11 is 0. The molecule has 54 valence electrons. The molecular formula is C6H13NO2. The largest absolute Gasteiger partial charge is 0.369 e. The Bertz CT molecular complexity index is 85.1. The zero-order valence-electron chi connectivity index (χ0n) is 5.71. The molecule has 3 nitrogen and oxygen atoms in total. The molecule has 0 spiro atoms. The molecule has 0 amide bonds. The van der Waals surface area contributed by atoms with Gasteiger partial charge in [-0.05, 0) is 12.3 Å². The summed E-state index contributed by atoms with van der Waals surface area (Å²) in [5.74, 6) is 0.719. The molecule has 1 rings (SSSR count). The van der Waals surface area contributed by atoms with Crippen molar-refractivity contribution in [3.8, 4) is 0 Å². The Morgan fingerprint density at radius 1 is 1.78 bits per heavy atom. The molecule has 1 saturated heterocycles. The van der Waals surface area contributed by atoms with E-state index in [0.29, 0.717) is 0 Å². The fourth-order valence-corrected chi connectivity index (χ4v) is 1.09. The average Bonchev–Trinajstić information content (AvgIpc) is 2.17. The lowest BCUT2D eigenvalue weighted by Gasteiger charge is -2.11. The van der Waals surface area contributed by atoms with Gasteiger partial charge in [0.15, 0.2) is 6.79 Å². The maximum Gasteiger partial charge on any atom is 0.164 e. The van der Waals surface area contributed by atoms with Gasteiger partial charge in [-0.25, -0.2) is 0 Å². The van der Waals surface area contributed by atoms with E-state index in [0.717, 1.165) is 19.0 Å². The lowest BCUT2D eigenvalue weighted by molar-refractivity contribution is -0.198. The maximum absolute atomic E-state index is 8.35. The van der Waals surface area contributed by atoms with E-state index < -0.39 is 0 Å². The third kappa shape index (κ3) is 1.93. The topological polar surface area (TPSA) is 32.7 Å². The van der Waals surface area contributed by atoms with Gasteiger partial charge in [0.25, 0.3) is 0 Å². The Labute approximate surface area is 55.2 Å². The van der Waals surface area contributed by atoms with Gasteiger partial charge in [0, 0.05) is 13.1 Å². The van der Waals surface area contributed by atoms with Crippen LogP contribution in [0.15, 0.2) is 0 Å². The van der Waals surface area contributed by atoms with E-state index in [1.165, 1.54) is 6.42 Å². The lowest BCUT2D eigenvalue weighted by atomic mass is 10.2. The molecule has 0 radical (unpaired) electrons. The molecule has 1 fully saturated rings. The maximum atomic E-state index is 8.35. The Balaban J connectivity index is 2.14. The van der Waals surface area contributed by atoms with Crippen molar-refractivity contribution in [2.45, 2.75) is 13.3 Å². The number of hydrogen-bond donors (Lipinski definition) is 1. The molecule has 0 aromatic heterocycles. The van der Waals surface area contributed by atoms with Gasteiger partial charge in [-0.2, -0.15) is 5.06 Å². The average molecular weight is 131 g/mol. The van der Waals surface area contributed by atoms with Crippen LogP contribution in [0.3, 0.4) is 0 Å². The first-order valence-corrected chi connectivity index (χ1v) is 3.31. The molecule has 1 aliphatic rings. The van der Waals surface area contributed by atoms with Crippen LogP contribution in [-0.4, -0.2) is 30.1 Å². The van der Waals surface area contributed by atoms with E-state index in [4.69, 9.17) is 9.94 Å². The molecule has 0 saturated carbocycles. The standard InChI is InChI=1S/C6H13NO2/c1-6-2-3-7(4-6)9-5-8/h6,8H,2-5H2,1H3/t6-/m0/s1. The number of hydrogen-bond acceptors (Lipinski definition) is 3. The quantitative estimate of drug-likeness (QED) is 0.544. The van der Waals surface area contributed by atoms with Crippen LogP contribution in [0.25, 0.3) is 0 Å². The summed E-state index contributed by atoms with van der Waals surface area (Å²) in [7, 11) is 0. The van der Waals surface area contributed by atoms with Crippen molar-refractivity contribution in [2.24, 2.45) is 5.92 Å². The summed E-state index contributed by atoms with van der Waals surface area (Å²) in [6, 6.07) is 0. The van der Waals surface area contributed by atoms with E-state index in [1.54, 1.807) is 0 Å². The highest BCUT2D eigenvalue weighted by Gasteiger charge is 2.18. The smallest absolute Gasteiger partial charge is 0.164 e. The highest BCUT2D eigenvalue weighted by Crippen LogP contribution is 2.14. The van der Waals surface area contributed by atoms with E-state index in [1.807, 2.05) is 5.06 Å². The van der Waals surface area contributed by atoms with Crippen LogP contribution in [0.5, 0.6) is 0 Å². The van der Waals surface area contributed by atoms with E-state index in [9.17, 15) is 0 Å². The molecule has 1 atom stereocenters. The Kier molecular flexibility index (Phi) is 2.45. The highest BCUT2D eigenvalue weighted by molar-refractivity contribution is 4.65. The van der Waals surface area contributed by atoms with Crippen molar-refractivity contribution >= 4 is 0 Å². The minimum Gasteiger partial charge on any atom is -0.369 e. The first kappa shape index (κ1) is 6.99. The number of aliphatic hydroxyl groups excluding tert-OH is 1. The number of aliphatic hydroxyl groups is 1. The van der Waals surface area contributed by atoms with Crippen molar-refractivity contribution < 1.29 is 9.94 Å². The Morgan fingerprint density at radius 3 is 3.00 bits per heavy atom. The van der Waals surface area contributed by atoms with Gasteiger partial charge in [-0.3, -0.25) is 4.84 Å². The second kappa shape index (κ2) is 3.15. The molecule has 0 aromatic carbocycles. The van der Waals surface area contributed by atoms with Crippen LogP contribution in [-0.2, 0) is 4.84 Å². The van der Waals surface area contributed by atoms with Crippen LogP contribution < -0.4 is 0 Å². The van der Waals surface area contributed by atoms with E-state index >= 15 is 0 Å². The minimum absolute atomic E-state index is 0.188. The zero-order chi connectivity index (χ0) is 6.69. The third-order valence-corrected chi connectivity index (χ3v) is 1.63. The van der Waals surface area contributed by atoms with Crippen LogP contribution in [0.4, 0.5) is 0 Å². The van der Waals surface area contributed by atoms with Gasteiger partial charge in [0.2, 0.25) is 0 Å². The summed E-state index contributed by atoms with van der Waals surface area (Å²) in [5.41, 5.74) is 0. The molecule has 0 bridgehead atoms. The molecule has 1 N–H and O–H groups in total.